The molecule has 1 amide bonds. The number of carbonyl (C=O) groups excluding carboxylic acids is 1. The molecule has 0 aliphatic carbocycles. The van der Waals surface area contributed by atoms with Gasteiger partial charge in [0.25, 0.3) is 0 Å². The number of amides is 1. The summed E-state index contributed by atoms with van der Waals surface area (Å²) in [5.41, 5.74) is 1.51. The van der Waals surface area contributed by atoms with Crippen molar-refractivity contribution in [2.75, 3.05) is 7.05 Å². The van der Waals surface area contributed by atoms with E-state index in [1.54, 1.807) is 13.2 Å². The standard InChI is InChI=1S/C12H11ClN2O/c1-14-12(16)10(13)9-6-2-4-8-5-3-7-15-11(8)9/h2-7,10H,1H3,(H,14,16). The van der Waals surface area contributed by atoms with E-state index in [-0.39, 0.29) is 5.91 Å². The van der Waals surface area contributed by atoms with Crippen molar-refractivity contribution in [1.29, 1.82) is 0 Å². The topological polar surface area (TPSA) is 42.0 Å². The van der Waals surface area contributed by atoms with E-state index in [1.807, 2.05) is 30.3 Å². The highest BCUT2D eigenvalue weighted by atomic mass is 35.5. The van der Waals surface area contributed by atoms with Gasteiger partial charge in [0.15, 0.2) is 0 Å². The molecule has 0 radical (unpaired) electrons. The number of para-hydroxylation sites is 1. The Morgan fingerprint density at radius 3 is 2.88 bits per heavy atom. The molecule has 0 aliphatic rings. The fraction of sp³-hybridized carbons (Fsp3) is 0.167. The largest absolute Gasteiger partial charge is 0.358 e. The Kier molecular flexibility index (Phi) is 3.06. The van der Waals surface area contributed by atoms with Crippen molar-refractivity contribution < 1.29 is 4.79 Å². The van der Waals surface area contributed by atoms with E-state index in [9.17, 15) is 4.79 Å². The number of carbonyl (C=O) groups is 1. The van der Waals surface area contributed by atoms with Gasteiger partial charge in [0, 0.05) is 24.2 Å². The summed E-state index contributed by atoms with van der Waals surface area (Å²) in [5, 5.41) is 2.81. The van der Waals surface area contributed by atoms with Gasteiger partial charge in [-0.3, -0.25) is 9.78 Å². The molecule has 4 heteroatoms. The lowest BCUT2D eigenvalue weighted by molar-refractivity contribution is -0.120. The average molecular weight is 235 g/mol. The van der Waals surface area contributed by atoms with Crippen LogP contribution in [0.1, 0.15) is 10.9 Å². The first kappa shape index (κ1) is 10.9. The quantitative estimate of drug-likeness (QED) is 0.810. The van der Waals surface area contributed by atoms with Crippen LogP contribution in [-0.2, 0) is 4.79 Å². The van der Waals surface area contributed by atoms with E-state index in [4.69, 9.17) is 11.6 Å². The molecule has 1 unspecified atom stereocenters. The number of nitrogens with one attached hydrogen (secondary N) is 1. The van der Waals surface area contributed by atoms with E-state index in [2.05, 4.69) is 10.3 Å². The minimum atomic E-state index is -0.705. The molecule has 0 saturated carbocycles. The maximum Gasteiger partial charge on any atom is 0.242 e. The first-order chi connectivity index (χ1) is 7.74. The first-order valence-electron chi connectivity index (χ1n) is 4.93. The van der Waals surface area contributed by atoms with Crippen LogP contribution in [0.5, 0.6) is 0 Å². The summed E-state index contributed by atoms with van der Waals surface area (Å²) in [6, 6.07) is 9.44. The van der Waals surface area contributed by atoms with Crippen molar-refractivity contribution in [1.82, 2.24) is 10.3 Å². The number of pyridine rings is 1. The highest BCUT2D eigenvalue weighted by molar-refractivity contribution is 6.31. The van der Waals surface area contributed by atoms with Gasteiger partial charge in [-0.2, -0.15) is 0 Å². The van der Waals surface area contributed by atoms with E-state index < -0.39 is 5.38 Å². The number of aromatic nitrogens is 1. The number of benzene rings is 1. The van der Waals surface area contributed by atoms with Crippen molar-refractivity contribution in [3.63, 3.8) is 0 Å². The Morgan fingerprint density at radius 2 is 2.12 bits per heavy atom. The summed E-state index contributed by atoms with van der Waals surface area (Å²) in [4.78, 5) is 15.7. The Labute approximate surface area is 98.4 Å². The number of hydrogen-bond acceptors (Lipinski definition) is 2. The van der Waals surface area contributed by atoms with Crippen molar-refractivity contribution in [3.8, 4) is 0 Å². The fourth-order valence-electron chi connectivity index (χ4n) is 1.60. The molecular formula is C12H11ClN2O. The second-order valence-corrected chi connectivity index (χ2v) is 3.84. The molecule has 1 heterocycles. The highest BCUT2D eigenvalue weighted by Crippen LogP contribution is 2.26. The normalized spacial score (nSPS) is 12.4. The van der Waals surface area contributed by atoms with Crippen molar-refractivity contribution in [2.24, 2.45) is 0 Å². The van der Waals surface area contributed by atoms with E-state index in [1.165, 1.54) is 0 Å². The third kappa shape index (κ3) is 1.86. The van der Waals surface area contributed by atoms with Gasteiger partial charge in [0.2, 0.25) is 5.91 Å². The van der Waals surface area contributed by atoms with E-state index in [0.717, 1.165) is 16.5 Å². The van der Waals surface area contributed by atoms with Crippen LogP contribution in [0.25, 0.3) is 10.9 Å². The van der Waals surface area contributed by atoms with E-state index >= 15 is 0 Å². The minimum Gasteiger partial charge on any atom is -0.358 e. The number of fused-ring (bicyclic) bond motifs is 1. The molecule has 0 saturated heterocycles. The molecule has 1 aromatic heterocycles. The zero-order valence-electron chi connectivity index (χ0n) is 8.77. The monoisotopic (exact) mass is 234 g/mol. The second kappa shape index (κ2) is 4.49. The number of rotatable bonds is 2. The Morgan fingerprint density at radius 1 is 1.38 bits per heavy atom. The zero-order chi connectivity index (χ0) is 11.5. The smallest absolute Gasteiger partial charge is 0.242 e. The van der Waals surface area contributed by atoms with Crippen LogP contribution in [0.4, 0.5) is 0 Å². The lowest BCUT2D eigenvalue weighted by Gasteiger charge is -2.10. The number of likely N-dealkylation sites (N-methyl/N-ethyl adjacent to an activating group) is 1. The molecule has 0 bridgehead atoms. The average Bonchev–Trinajstić information content (AvgIpc) is 2.36. The van der Waals surface area contributed by atoms with Gasteiger partial charge >= 0.3 is 0 Å². The number of nitrogens with zero attached hydrogens (tertiary/aromatic N) is 1. The van der Waals surface area contributed by atoms with Crippen LogP contribution >= 0.6 is 11.6 Å². The number of alkyl halides is 1. The van der Waals surface area contributed by atoms with Crippen LogP contribution in [-0.4, -0.2) is 17.9 Å². The minimum absolute atomic E-state index is 0.222. The van der Waals surface area contributed by atoms with Gasteiger partial charge in [-0.05, 0) is 6.07 Å². The molecule has 82 valence electrons. The molecule has 2 rings (SSSR count). The molecule has 1 N–H and O–H groups in total. The molecule has 2 aromatic rings. The van der Waals surface area contributed by atoms with Crippen molar-refractivity contribution >= 4 is 28.4 Å². The highest BCUT2D eigenvalue weighted by Gasteiger charge is 2.18. The summed E-state index contributed by atoms with van der Waals surface area (Å²) in [7, 11) is 1.57. The third-order valence-corrected chi connectivity index (χ3v) is 2.85. The molecule has 3 nitrogen and oxygen atoms in total. The van der Waals surface area contributed by atoms with E-state index in [0.29, 0.717) is 0 Å². The Bertz CT molecular complexity index is 522. The summed E-state index contributed by atoms with van der Waals surface area (Å²) < 4.78 is 0. The molecule has 0 aliphatic heterocycles. The fourth-order valence-corrected chi connectivity index (χ4v) is 1.89. The third-order valence-electron chi connectivity index (χ3n) is 2.41. The summed E-state index contributed by atoms with van der Waals surface area (Å²) >= 11 is 6.08. The molecule has 16 heavy (non-hydrogen) atoms. The lowest BCUT2D eigenvalue weighted by Crippen LogP contribution is -2.22. The van der Waals surface area contributed by atoms with Gasteiger partial charge < -0.3 is 5.32 Å². The van der Waals surface area contributed by atoms with Gasteiger partial charge in [0.05, 0.1) is 5.52 Å². The van der Waals surface area contributed by atoms with Gasteiger partial charge in [-0.25, -0.2) is 0 Å². The maximum absolute atomic E-state index is 11.5. The maximum atomic E-state index is 11.5. The predicted octanol–water partition coefficient (Wildman–Crippen LogP) is 2.26. The lowest BCUT2D eigenvalue weighted by atomic mass is 10.1. The van der Waals surface area contributed by atoms with Crippen LogP contribution in [0, 0.1) is 0 Å². The molecule has 0 fully saturated rings. The summed E-state index contributed by atoms with van der Waals surface area (Å²) in [5.74, 6) is -0.222. The zero-order valence-corrected chi connectivity index (χ0v) is 9.53. The number of halogens is 1. The second-order valence-electron chi connectivity index (χ2n) is 3.40. The Balaban J connectivity index is 2.56. The summed E-state index contributed by atoms with van der Waals surface area (Å²) in [6.45, 7) is 0. The van der Waals surface area contributed by atoms with Crippen LogP contribution in [0.3, 0.4) is 0 Å². The summed E-state index contributed by atoms with van der Waals surface area (Å²) in [6.07, 6.45) is 1.69. The van der Waals surface area contributed by atoms with Crippen LogP contribution in [0.15, 0.2) is 36.5 Å². The molecule has 1 aromatic carbocycles. The van der Waals surface area contributed by atoms with Gasteiger partial charge in [0.1, 0.15) is 5.38 Å². The van der Waals surface area contributed by atoms with Crippen molar-refractivity contribution in [2.45, 2.75) is 5.38 Å². The van der Waals surface area contributed by atoms with Gasteiger partial charge in [-0.15, -0.1) is 11.6 Å². The van der Waals surface area contributed by atoms with Crippen LogP contribution < -0.4 is 5.32 Å². The van der Waals surface area contributed by atoms with Crippen molar-refractivity contribution in [3.05, 3.63) is 42.1 Å². The molecule has 1 atom stereocenters. The Hall–Kier alpha value is -1.61. The molecular weight excluding hydrogens is 224 g/mol. The van der Waals surface area contributed by atoms with Gasteiger partial charge in [-0.1, -0.05) is 24.3 Å². The predicted molar refractivity (Wildman–Crippen MR) is 64.4 cm³/mol. The first-order valence-corrected chi connectivity index (χ1v) is 5.37. The van der Waals surface area contributed by atoms with Crippen LogP contribution in [0.2, 0.25) is 0 Å². The molecule has 0 spiro atoms. The number of hydrogen-bond donors (Lipinski definition) is 1. The SMILES string of the molecule is CNC(=O)C(Cl)c1cccc2cccnc12.